The number of ether oxygens (including phenoxy) is 1. The van der Waals surface area contributed by atoms with Crippen LogP contribution in [-0.4, -0.2) is 18.5 Å². The van der Waals surface area contributed by atoms with Crippen molar-refractivity contribution in [1.82, 2.24) is 0 Å². The topological polar surface area (TPSA) is 41.6 Å². The number of hydrogen-bond donors (Lipinski definition) is 1. The summed E-state index contributed by atoms with van der Waals surface area (Å²) < 4.78 is 6.80. The van der Waals surface area contributed by atoms with Gasteiger partial charge in [0.15, 0.2) is 0 Å². The Bertz CT molecular complexity index is 745. The molecule has 5 heteroatoms. The second-order valence-electron chi connectivity index (χ2n) is 6.14. The van der Waals surface area contributed by atoms with E-state index < -0.39 is 5.54 Å². The molecule has 3 rings (SSSR count). The first kappa shape index (κ1) is 19.3. The maximum atomic E-state index is 12.6. The zero-order valence-corrected chi connectivity index (χ0v) is 17.0. The van der Waals surface area contributed by atoms with Gasteiger partial charge >= 0.3 is 0 Å². The molecule has 0 spiro atoms. The van der Waals surface area contributed by atoms with Crippen molar-refractivity contribution < 1.29 is 9.53 Å². The zero-order valence-electron chi connectivity index (χ0n) is 15.4. The summed E-state index contributed by atoms with van der Waals surface area (Å²) in [6.45, 7) is 8.15. The minimum atomic E-state index is -0.618. The lowest BCUT2D eigenvalue weighted by atomic mass is 9.97. The first-order valence-electron chi connectivity index (χ1n) is 8.46. The predicted octanol–water partition coefficient (Wildman–Crippen LogP) is 5.22. The first-order valence-corrected chi connectivity index (χ1v) is 9.25. The molecule has 2 aromatic carbocycles. The van der Waals surface area contributed by atoms with Crippen molar-refractivity contribution in [3.63, 3.8) is 0 Å². The molecule has 1 aliphatic heterocycles. The fourth-order valence-corrected chi connectivity index (χ4v) is 3.25. The minimum absolute atomic E-state index is 0.0315. The molecule has 0 unspecified atom stereocenters. The Balaban J connectivity index is 0.00000109. The summed E-state index contributed by atoms with van der Waals surface area (Å²) in [5, 5.41) is 3.31. The van der Waals surface area contributed by atoms with Gasteiger partial charge in [-0.15, -0.1) is 0 Å². The molecule has 0 aliphatic carbocycles. The third kappa shape index (κ3) is 3.98. The normalized spacial score (nSPS) is 14.8. The number of nitrogens with one attached hydrogen (secondary N) is 1. The van der Waals surface area contributed by atoms with Gasteiger partial charge in [-0.3, -0.25) is 4.79 Å². The lowest BCUT2D eigenvalue weighted by molar-refractivity contribution is -0.121. The quantitative estimate of drug-likeness (QED) is 0.761. The molecule has 0 saturated carbocycles. The van der Waals surface area contributed by atoms with Crippen LogP contribution in [0.4, 0.5) is 11.4 Å². The number of fused-ring (bicyclic) bond motifs is 1. The lowest BCUT2D eigenvalue weighted by Crippen LogP contribution is -2.52. The van der Waals surface area contributed by atoms with Crippen LogP contribution in [0.1, 0.15) is 33.3 Å². The summed E-state index contributed by atoms with van der Waals surface area (Å²) >= 11 is 3.58. The Morgan fingerprint density at radius 2 is 1.76 bits per heavy atom. The molecule has 1 N–H and O–H groups in total. The predicted molar refractivity (Wildman–Crippen MR) is 107 cm³/mol. The van der Waals surface area contributed by atoms with Crippen LogP contribution in [0.25, 0.3) is 0 Å². The Morgan fingerprint density at radius 3 is 2.40 bits per heavy atom. The van der Waals surface area contributed by atoms with E-state index in [2.05, 4.69) is 21.2 Å². The average Bonchev–Trinajstić information content (AvgIpc) is 2.62. The Morgan fingerprint density at radius 1 is 1.12 bits per heavy atom. The van der Waals surface area contributed by atoms with E-state index in [9.17, 15) is 4.79 Å². The highest BCUT2D eigenvalue weighted by molar-refractivity contribution is 9.10. The number of rotatable bonds is 3. The number of nitrogens with zero attached hydrogens (tertiary/aromatic N) is 1. The van der Waals surface area contributed by atoms with Crippen LogP contribution in [0.3, 0.4) is 0 Å². The van der Waals surface area contributed by atoms with Gasteiger partial charge in [-0.1, -0.05) is 48.0 Å². The van der Waals surface area contributed by atoms with E-state index in [4.69, 9.17) is 4.74 Å². The van der Waals surface area contributed by atoms with E-state index in [-0.39, 0.29) is 5.91 Å². The third-order valence-corrected chi connectivity index (χ3v) is 4.72. The molecule has 2 aromatic rings. The van der Waals surface area contributed by atoms with Crippen molar-refractivity contribution in [1.29, 1.82) is 0 Å². The first-order chi connectivity index (χ1) is 11.9. The standard InChI is InChI=1S/C18H19BrN2O2.C2H6/c1-18(2)17(22)21(3)16-13(14(19)9-10-15(16)20-18)11-23-12-7-5-4-6-8-12;1-2/h4-10,20H,11H2,1-3H3;1-2H3. The number of hydrogen-bond acceptors (Lipinski definition) is 3. The second-order valence-corrected chi connectivity index (χ2v) is 6.99. The van der Waals surface area contributed by atoms with Gasteiger partial charge in [-0.2, -0.15) is 0 Å². The van der Waals surface area contributed by atoms with Gasteiger partial charge in [0, 0.05) is 17.1 Å². The molecule has 0 aromatic heterocycles. The molecule has 1 heterocycles. The van der Waals surface area contributed by atoms with E-state index in [1.165, 1.54) is 0 Å². The molecule has 25 heavy (non-hydrogen) atoms. The fraction of sp³-hybridized carbons (Fsp3) is 0.350. The van der Waals surface area contributed by atoms with Crippen LogP contribution in [-0.2, 0) is 11.4 Å². The molecule has 134 valence electrons. The molecule has 0 bridgehead atoms. The zero-order chi connectivity index (χ0) is 18.6. The van der Waals surface area contributed by atoms with Gasteiger partial charge in [0.1, 0.15) is 17.9 Å². The van der Waals surface area contributed by atoms with Gasteiger partial charge in [0.25, 0.3) is 5.91 Å². The van der Waals surface area contributed by atoms with Crippen LogP contribution in [0.5, 0.6) is 5.75 Å². The lowest BCUT2D eigenvalue weighted by Gasteiger charge is -2.39. The van der Waals surface area contributed by atoms with Crippen molar-refractivity contribution in [2.24, 2.45) is 0 Å². The molecule has 0 radical (unpaired) electrons. The summed E-state index contributed by atoms with van der Waals surface area (Å²) in [7, 11) is 1.81. The van der Waals surface area contributed by atoms with Crippen molar-refractivity contribution in [3.8, 4) is 5.75 Å². The molecule has 0 saturated heterocycles. The number of para-hydroxylation sites is 1. The number of amides is 1. The van der Waals surface area contributed by atoms with Gasteiger partial charge in [0.2, 0.25) is 0 Å². The highest BCUT2D eigenvalue weighted by atomic mass is 79.9. The molecular formula is C20H25BrN2O2. The van der Waals surface area contributed by atoms with Crippen LogP contribution < -0.4 is 15.0 Å². The molecule has 1 aliphatic rings. The molecule has 0 atom stereocenters. The maximum absolute atomic E-state index is 12.6. The van der Waals surface area contributed by atoms with Crippen molar-refractivity contribution in [3.05, 3.63) is 52.5 Å². The van der Waals surface area contributed by atoms with E-state index in [1.807, 2.05) is 77.2 Å². The number of halogens is 1. The molecule has 0 fully saturated rings. The van der Waals surface area contributed by atoms with Crippen LogP contribution in [0, 0.1) is 0 Å². The number of benzene rings is 2. The van der Waals surface area contributed by atoms with E-state index >= 15 is 0 Å². The minimum Gasteiger partial charge on any atom is -0.489 e. The van der Waals surface area contributed by atoms with Crippen molar-refractivity contribution >= 4 is 33.2 Å². The van der Waals surface area contributed by atoms with Gasteiger partial charge < -0.3 is 15.0 Å². The smallest absolute Gasteiger partial charge is 0.251 e. The SMILES string of the molecule is CC.CN1C(=O)C(C)(C)Nc2ccc(Br)c(COc3ccccc3)c21. The molecular weight excluding hydrogens is 380 g/mol. The molecule has 4 nitrogen and oxygen atoms in total. The van der Waals surface area contributed by atoms with E-state index in [1.54, 1.807) is 4.90 Å². The summed E-state index contributed by atoms with van der Waals surface area (Å²) in [4.78, 5) is 14.3. The highest BCUT2D eigenvalue weighted by Crippen LogP contribution is 2.40. The number of carbonyl (C=O) groups excluding carboxylic acids is 1. The summed E-state index contributed by atoms with van der Waals surface area (Å²) in [5.41, 5.74) is 2.13. The van der Waals surface area contributed by atoms with E-state index in [0.717, 1.165) is 27.2 Å². The average molecular weight is 405 g/mol. The van der Waals surface area contributed by atoms with Gasteiger partial charge in [-0.25, -0.2) is 0 Å². The van der Waals surface area contributed by atoms with Crippen LogP contribution in [0.15, 0.2) is 46.9 Å². The van der Waals surface area contributed by atoms with Gasteiger partial charge in [0.05, 0.1) is 11.4 Å². The fourth-order valence-electron chi connectivity index (χ4n) is 2.82. The largest absolute Gasteiger partial charge is 0.489 e. The van der Waals surface area contributed by atoms with E-state index in [0.29, 0.717) is 6.61 Å². The Hall–Kier alpha value is -2.01. The summed E-state index contributed by atoms with van der Waals surface area (Å²) in [5.74, 6) is 0.833. The Labute approximate surface area is 158 Å². The summed E-state index contributed by atoms with van der Waals surface area (Å²) in [6.07, 6.45) is 0. The van der Waals surface area contributed by atoms with Gasteiger partial charge in [-0.05, 0) is 38.1 Å². The maximum Gasteiger partial charge on any atom is 0.251 e. The highest BCUT2D eigenvalue weighted by Gasteiger charge is 2.38. The number of likely N-dealkylation sites (N-methyl/N-ethyl adjacent to an activating group) is 1. The molecule has 1 amide bonds. The van der Waals surface area contributed by atoms with Crippen molar-refractivity contribution in [2.45, 2.75) is 39.8 Å². The Kier molecular flexibility index (Phi) is 6.11. The van der Waals surface area contributed by atoms with Crippen LogP contribution in [0.2, 0.25) is 0 Å². The third-order valence-electron chi connectivity index (χ3n) is 3.97. The summed E-state index contributed by atoms with van der Waals surface area (Å²) in [6, 6.07) is 13.6. The van der Waals surface area contributed by atoms with Crippen LogP contribution >= 0.6 is 15.9 Å². The monoisotopic (exact) mass is 404 g/mol. The van der Waals surface area contributed by atoms with Crippen molar-refractivity contribution in [2.75, 3.05) is 17.3 Å². The second kappa shape index (κ2) is 7.91. The number of carbonyl (C=O) groups is 1. The number of anilines is 2.